The highest BCUT2D eigenvalue weighted by Crippen LogP contribution is 2.35. The predicted molar refractivity (Wildman–Crippen MR) is 75.2 cm³/mol. The Kier molecular flexibility index (Phi) is 4.40. The lowest BCUT2D eigenvalue weighted by atomic mass is 10.1. The lowest BCUT2D eigenvalue weighted by molar-refractivity contribution is -0.385. The Morgan fingerprint density at radius 1 is 1.29 bits per heavy atom. The lowest BCUT2D eigenvalue weighted by Gasteiger charge is -2.10. The maximum atomic E-state index is 13.9. The first-order valence-electron chi connectivity index (χ1n) is 5.98. The second-order valence-corrected chi connectivity index (χ2v) is 4.77. The first-order chi connectivity index (χ1) is 9.88. The highest BCUT2D eigenvalue weighted by molar-refractivity contribution is 6.30. The molecule has 0 bridgehead atoms. The average molecular weight is 312 g/mol. The van der Waals surface area contributed by atoms with E-state index in [0.29, 0.717) is 5.56 Å². The van der Waals surface area contributed by atoms with E-state index in [-0.39, 0.29) is 22.2 Å². The van der Waals surface area contributed by atoms with Crippen LogP contribution in [0.15, 0.2) is 36.4 Å². The molecule has 2 aromatic rings. The number of nitro benzene ring substituents is 1. The average Bonchev–Trinajstić information content (AvgIpc) is 2.42. The molecule has 0 aliphatic heterocycles. The molecule has 21 heavy (non-hydrogen) atoms. The van der Waals surface area contributed by atoms with Gasteiger partial charge in [-0.2, -0.15) is 0 Å². The quantitative estimate of drug-likeness (QED) is 0.677. The molecule has 2 rings (SSSR count). The molecule has 0 radical (unpaired) electrons. The number of nitrogens with zero attached hydrogens (tertiary/aromatic N) is 1. The number of nitro groups is 1. The number of hydrogen-bond acceptors (Lipinski definition) is 4. The highest BCUT2D eigenvalue weighted by atomic mass is 35.5. The monoisotopic (exact) mass is 311 g/mol. The third kappa shape index (κ3) is 3.48. The van der Waals surface area contributed by atoms with Crippen LogP contribution in [0.25, 0.3) is 0 Å². The molecular formula is C14H11ClFNO4. The highest BCUT2D eigenvalue weighted by Gasteiger charge is 2.18. The van der Waals surface area contributed by atoms with E-state index in [4.69, 9.17) is 16.3 Å². The Hall–Kier alpha value is -2.18. The van der Waals surface area contributed by atoms with Crippen molar-refractivity contribution < 1.29 is 19.2 Å². The Morgan fingerprint density at radius 3 is 2.52 bits per heavy atom. The molecule has 0 saturated carbocycles. The van der Waals surface area contributed by atoms with Gasteiger partial charge in [-0.15, -0.1) is 0 Å². The summed E-state index contributed by atoms with van der Waals surface area (Å²) >= 11 is 5.69. The molecular weight excluding hydrogens is 301 g/mol. The summed E-state index contributed by atoms with van der Waals surface area (Å²) in [6.45, 7) is 1.50. The van der Waals surface area contributed by atoms with Crippen LogP contribution in [0.5, 0.6) is 11.5 Å². The molecule has 0 saturated heterocycles. The first kappa shape index (κ1) is 15.2. The van der Waals surface area contributed by atoms with Crippen LogP contribution in [0.4, 0.5) is 10.1 Å². The van der Waals surface area contributed by atoms with Crippen molar-refractivity contribution in [1.82, 2.24) is 0 Å². The molecule has 0 aliphatic carbocycles. The molecule has 1 atom stereocenters. The van der Waals surface area contributed by atoms with E-state index in [1.54, 1.807) is 0 Å². The molecule has 0 spiro atoms. The minimum atomic E-state index is -0.821. The summed E-state index contributed by atoms with van der Waals surface area (Å²) in [5.74, 6) is -1.02. The van der Waals surface area contributed by atoms with E-state index < -0.39 is 16.8 Å². The minimum absolute atomic E-state index is 0.118. The fraction of sp³-hybridized carbons (Fsp3) is 0.143. The maximum absolute atomic E-state index is 13.9. The molecule has 2 aromatic carbocycles. The number of halogens is 2. The van der Waals surface area contributed by atoms with Gasteiger partial charge >= 0.3 is 5.69 Å². The summed E-state index contributed by atoms with van der Waals surface area (Å²) in [6.07, 6.45) is -0.821. The van der Waals surface area contributed by atoms with E-state index in [0.717, 1.165) is 12.1 Å². The summed E-state index contributed by atoms with van der Waals surface area (Å²) in [4.78, 5) is 10.3. The van der Waals surface area contributed by atoms with Crippen molar-refractivity contribution in [3.63, 3.8) is 0 Å². The number of benzene rings is 2. The van der Waals surface area contributed by atoms with Crippen LogP contribution < -0.4 is 4.74 Å². The topological polar surface area (TPSA) is 72.6 Å². The molecule has 7 heteroatoms. The summed E-state index contributed by atoms with van der Waals surface area (Å²) in [7, 11) is 0. The molecule has 5 nitrogen and oxygen atoms in total. The van der Waals surface area contributed by atoms with Crippen LogP contribution in [-0.4, -0.2) is 10.0 Å². The van der Waals surface area contributed by atoms with E-state index in [2.05, 4.69) is 0 Å². The van der Waals surface area contributed by atoms with Crippen molar-refractivity contribution in [2.24, 2.45) is 0 Å². The lowest BCUT2D eigenvalue weighted by Crippen LogP contribution is -1.97. The van der Waals surface area contributed by atoms with E-state index in [1.165, 1.54) is 31.2 Å². The predicted octanol–water partition coefficient (Wildman–Crippen LogP) is 4.23. The van der Waals surface area contributed by atoms with E-state index in [9.17, 15) is 19.6 Å². The zero-order valence-electron chi connectivity index (χ0n) is 10.9. The number of aliphatic hydroxyl groups is 1. The van der Waals surface area contributed by atoms with Gasteiger partial charge in [0.2, 0.25) is 5.75 Å². The molecule has 0 heterocycles. The standard InChI is InChI=1S/C14H11ClFNO4/c1-8(18)9-2-4-13(11(16)6-9)21-14-5-3-10(15)7-12(14)17(19)20/h2-8,18H,1H3/t8-/m0/s1. The Labute approximate surface area is 124 Å². The van der Waals surface area contributed by atoms with Crippen LogP contribution in [0.2, 0.25) is 5.02 Å². The van der Waals surface area contributed by atoms with Gasteiger partial charge < -0.3 is 9.84 Å². The van der Waals surface area contributed by atoms with Gasteiger partial charge in [0, 0.05) is 11.1 Å². The van der Waals surface area contributed by atoms with Gasteiger partial charge in [0.15, 0.2) is 11.6 Å². The van der Waals surface area contributed by atoms with E-state index in [1.807, 2.05) is 0 Å². The van der Waals surface area contributed by atoms with Crippen molar-refractivity contribution in [2.75, 3.05) is 0 Å². The Morgan fingerprint density at radius 2 is 1.95 bits per heavy atom. The largest absolute Gasteiger partial charge is 0.447 e. The summed E-state index contributed by atoms with van der Waals surface area (Å²) in [6, 6.07) is 7.72. The van der Waals surface area contributed by atoms with Gasteiger partial charge in [-0.05, 0) is 36.8 Å². The second kappa shape index (κ2) is 6.07. The van der Waals surface area contributed by atoms with Gasteiger partial charge in [-0.3, -0.25) is 10.1 Å². The van der Waals surface area contributed by atoms with Crippen LogP contribution in [0, 0.1) is 15.9 Å². The third-order valence-corrected chi connectivity index (χ3v) is 3.01. The zero-order valence-corrected chi connectivity index (χ0v) is 11.7. The van der Waals surface area contributed by atoms with Gasteiger partial charge in [-0.25, -0.2) is 4.39 Å². The number of rotatable bonds is 4. The Bertz CT molecular complexity index is 691. The summed E-state index contributed by atoms with van der Waals surface area (Å²) < 4.78 is 19.1. The van der Waals surface area contributed by atoms with Crippen LogP contribution >= 0.6 is 11.6 Å². The zero-order chi connectivity index (χ0) is 15.6. The molecule has 0 aromatic heterocycles. The smallest absolute Gasteiger partial charge is 0.313 e. The maximum Gasteiger partial charge on any atom is 0.313 e. The van der Waals surface area contributed by atoms with Gasteiger partial charge in [0.05, 0.1) is 11.0 Å². The second-order valence-electron chi connectivity index (χ2n) is 4.34. The summed E-state index contributed by atoms with van der Waals surface area (Å²) in [5, 5.41) is 20.5. The molecule has 110 valence electrons. The molecule has 0 amide bonds. The van der Waals surface area contributed by atoms with Crippen molar-refractivity contribution in [3.8, 4) is 11.5 Å². The fourth-order valence-corrected chi connectivity index (χ4v) is 1.86. The van der Waals surface area contributed by atoms with E-state index >= 15 is 0 Å². The molecule has 0 unspecified atom stereocenters. The van der Waals surface area contributed by atoms with Crippen LogP contribution in [0.1, 0.15) is 18.6 Å². The van der Waals surface area contributed by atoms with Crippen molar-refractivity contribution in [2.45, 2.75) is 13.0 Å². The molecule has 1 N–H and O–H groups in total. The van der Waals surface area contributed by atoms with Gasteiger partial charge in [0.1, 0.15) is 0 Å². The first-order valence-corrected chi connectivity index (χ1v) is 6.35. The van der Waals surface area contributed by atoms with Crippen molar-refractivity contribution in [3.05, 3.63) is 62.9 Å². The van der Waals surface area contributed by atoms with Crippen molar-refractivity contribution in [1.29, 1.82) is 0 Å². The third-order valence-electron chi connectivity index (χ3n) is 2.78. The van der Waals surface area contributed by atoms with Crippen LogP contribution in [-0.2, 0) is 0 Å². The number of aliphatic hydroxyl groups excluding tert-OH is 1. The summed E-state index contributed by atoms with van der Waals surface area (Å²) in [5.41, 5.74) is 0.0203. The normalized spacial score (nSPS) is 12.0. The Balaban J connectivity index is 2.37. The minimum Gasteiger partial charge on any atom is -0.447 e. The van der Waals surface area contributed by atoms with Gasteiger partial charge in [0.25, 0.3) is 0 Å². The molecule has 0 aliphatic rings. The molecule has 0 fully saturated rings. The number of ether oxygens (including phenoxy) is 1. The van der Waals surface area contributed by atoms with Crippen molar-refractivity contribution >= 4 is 17.3 Å². The van der Waals surface area contributed by atoms with Crippen LogP contribution in [0.3, 0.4) is 0 Å². The SMILES string of the molecule is C[C@H](O)c1ccc(Oc2ccc(Cl)cc2[N+](=O)[O-])c(F)c1. The van der Waals surface area contributed by atoms with Gasteiger partial charge in [-0.1, -0.05) is 17.7 Å². The number of hydrogen-bond donors (Lipinski definition) is 1. The fourth-order valence-electron chi connectivity index (χ4n) is 1.70.